The summed E-state index contributed by atoms with van der Waals surface area (Å²) in [6.45, 7) is 5.53. The van der Waals surface area contributed by atoms with Crippen LogP contribution in [0.4, 0.5) is 0 Å². The van der Waals surface area contributed by atoms with Crippen molar-refractivity contribution in [3.8, 4) is 16.9 Å². The Morgan fingerprint density at radius 1 is 0.960 bits per heavy atom. The SMILES string of the molecule is C[C@@H]1CCC[C@@H](C)N1C[C@@H](O)COc1ccc(-c2ccccc2)cc1. The Kier molecular flexibility index (Phi) is 6.11. The van der Waals surface area contributed by atoms with Gasteiger partial charge < -0.3 is 9.84 Å². The van der Waals surface area contributed by atoms with Gasteiger partial charge in [0.15, 0.2) is 0 Å². The van der Waals surface area contributed by atoms with Gasteiger partial charge in [-0.1, -0.05) is 48.9 Å². The molecular formula is C22H29NO2. The van der Waals surface area contributed by atoms with Gasteiger partial charge in [0.2, 0.25) is 0 Å². The van der Waals surface area contributed by atoms with Crippen molar-refractivity contribution in [1.29, 1.82) is 0 Å². The molecule has 2 aromatic rings. The molecule has 3 atom stereocenters. The third-order valence-corrected chi connectivity index (χ3v) is 5.20. The zero-order chi connectivity index (χ0) is 17.6. The predicted molar refractivity (Wildman–Crippen MR) is 103 cm³/mol. The van der Waals surface area contributed by atoms with E-state index in [0.717, 1.165) is 5.75 Å². The molecule has 1 saturated heterocycles. The molecule has 134 valence electrons. The quantitative estimate of drug-likeness (QED) is 0.849. The molecule has 0 aromatic heterocycles. The number of hydrogen-bond donors (Lipinski definition) is 1. The van der Waals surface area contributed by atoms with E-state index in [0.29, 0.717) is 25.2 Å². The molecule has 3 heteroatoms. The van der Waals surface area contributed by atoms with Gasteiger partial charge in [-0.25, -0.2) is 0 Å². The lowest BCUT2D eigenvalue weighted by Crippen LogP contribution is -2.48. The first-order valence-corrected chi connectivity index (χ1v) is 9.35. The largest absolute Gasteiger partial charge is 0.491 e. The number of benzene rings is 2. The second-order valence-electron chi connectivity index (χ2n) is 7.18. The Hall–Kier alpha value is -1.84. The van der Waals surface area contributed by atoms with E-state index in [4.69, 9.17) is 4.74 Å². The average Bonchev–Trinajstić information content (AvgIpc) is 2.64. The van der Waals surface area contributed by atoms with E-state index in [1.807, 2.05) is 30.3 Å². The minimum atomic E-state index is -0.461. The molecule has 0 spiro atoms. The molecule has 1 N–H and O–H groups in total. The molecule has 1 aliphatic rings. The number of likely N-dealkylation sites (tertiary alicyclic amines) is 1. The third-order valence-electron chi connectivity index (χ3n) is 5.20. The summed E-state index contributed by atoms with van der Waals surface area (Å²) in [5.74, 6) is 0.804. The normalized spacial score (nSPS) is 22.5. The molecule has 1 fully saturated rings. The van der Waals surface area contributed by atoms with Crippen LogP contribution in [-0.4, -0.2) is 41.3 Å². The van der Waals surface area contributed by atoms with Crippen molar-refractivity contribution < 1.29 is 9.84 Å². The van der Waals surface area contributed by atoms with Gasteiger partial charge in [0.1, 0.15) is 18.5 Å². The van der Waals surface area contributed by atoms with Crippen molar-refractivity contribution >= 4 is 0 Å². The lowest BCUT2D eigenvalue weighted by molar-refractivity contribution is 0.0209. The Balaban J connectivity index is 1.51. The molecule has 0 saturated carbocycles. The summed E-state index contributed by atoms with van der Waals surface area (Å²) < 4.78 is 5.79. The molecule has 0 amide bonds. The Bertz CT molecular complexity index is 631. The molecule has 3 nitrogen and oxygen atoms in total. The maximum atomic E-state index is 10.4. The number of piperidine rings is 1. The standard InChI is InChI=1S/C22H29NO2/c1-17-7-6-8-18(2)23(17)15-21(24)16-25-22-13-11-20(12-14-22)19-9-4-3-5-10-19/h3-5,9-14,17-18,21,24H,6-8,15-16H2,1-2H3/t17-,18-,21-/m1/s1. The van der Waals surface area contributed by atoms with Crippen molar-refractivity contribution in [1.82, 2.24) is 4.90 Å². The summed E-state index contributed by atoms with van der Waals surface area (Å²) in [5.41, 5.74) is 2.37. The van der Waals surface area contributed by atoms with Gasteiger partial charge >= 0.3 is 0 Å². The summed E-state index contributed by atoms with van der Waals surface area (Å²) in [7, 11) is 0. The Morgan fingerprint density at radius 2 is 1.56 bits per heavy atom. The zero-order valence-corrected chi connectivity index (χ0v) is 15.3. The second kappa shape index (κ2) is 8.50. The number of hydrogen-bond acceptors (Lipinski definition) is 3. The highest BCUT2D eigenvalue weighted by molar-refractivity contribution is 5.63. The molecule has 1 heterocycles. The van der Waals surface area contributed by atoms with E-state index < -0.39 is 6.10 Å². The number of aliphatic hydroxyl groups is 1. The molecule has 3 rings (SSSR count). The van der Waals surface area contributed by atoms with Crippen molar-refractivity contribution in [2.45, 2.75) is 51.3 Å². The lowest BCUT2D eigenvalue weighted by atomic mass is 9.97. The summed E-state index contributed by atoms with van der Waals surface area (Å²) in [5, 5.41) is 10.4. The highest BCUT2D eigenvalue weighted by atomic mass is 16.5. The molecule has 0 bridgehead atoms. The van der Waals surface area contributed by atoms with Crippen LogP contribution >= 0.6 is 0 Å². The van der Waals surface area contributed by atoms with Gasteiger partial charge in [-0.3, -0.25) is 4.90 Å². The van der Waals surface area contributed by atoms with Crippen molar-refractivity contribution in [2.24, 2.45) is 0 Å². The molecule has 0 unspecified atom stereocenters. The smallest absolute Gasteiger partial charge is 0.119 e. The van der Waals surface area contributed by atoms with E-state index >= 15 is 0 Å². The van der Waals surface area contributed by atoms with Crippen molar-refractivity contribution in [2.75, 3.05) is 13.2 Å². The minimum Gasteiger partial charge on any atom is -0.491 e. The Morgan fingerprint density at radius 3 is 2.20 bits per heavy atom. The number of rotatable bonds is 6. The first-order chi connectivity index (χ1) is 12.1. The van der Waals surface area contributed by atoms with Crippen LogP contribution in [0.25, 0.3) is 11.1 Å². The minimum absolute atomic E-state index is 0.334. The molecule has 25 heavy (non-hydrogen) atoms. The van der Waals surface area contributed by atoms with Crippen LogP contribution in [0.5, 0.6) is 5.75 Å². The molecule has 2 aromatic carbocycles. The summed E-state index contributed by atoms with van der Waals surface area (Å²) in [6.07, 6.45) is 3.27. The summed E-state index contributed by atoms with van der Waals surface area (Å²) in [4.78, 5) is 2.41. The fourth-order valence-corrected chi connectivity index (χ4v) is 3.70. The lowest BCUT2D eigenvalue weighted by Gasteiger charge is -2.40. The van der Waals surface area contributed by atoms with Crippen LogP contribution in [-0.2, 0) is 0 Å². The number of ether oxygens (including phenoxy) is 1. The monoisotopic (exact) mass is 339 g/mol. The molecule has 1 aliphatic heterocycles. The Labute approximate surface area is 151 Å². The maximum absolute atomic E-state index is 10.4. The van der Waals surface area contributed by atoms with Crippen LogP contribution in [0.2, 0.25) is 0 Å². The molecule has 0 aliphatic carbocycles. The topological polar surface area (TPSA) is 32.7 Å². The number of β-amino-alcohol motifs (C(OH)–C–C–N with tert-alkyl or cyclic N) is 1. The van der Waals surface area contributed by atoms with Crippen LogP contribution in [0.15, 0.2) is 54.6 Å². The zero-order valence-electron chi connectivity index (χ0n) is 15.3. The van der Waals surface area contributed by atoms with Gasteiger partial charge in [0.05, 0.1) is 0 Å². The fourth-order valence-electron chi connectivity index (χ4n) is 3.70. The van der Waals surface area contributed by atoms with Crippen LogP contribution in [0, 0.1) is 0 Å². The fraction of sp³-hybridized carbons (Fsp3) is 0.455. The van der Waals surface area contributed by atoms with Crippen LogP contribution < -0.4 is 4.74 Å². The molecule has 0 radical (unpaired) electrons. The second-order valence-corrected chi connectivity index (χ2v) is 7.18. The van der Waals surface area contributed by atoms with E-state index in [-0.39, 0.29) is 0 Å². The van der Waals surface area contributed by atoms with Gasteiger partial charge in [-0.2, -0.15) is 0 Å². The van der Waals surface area contributed by atoms with E-state index in [1.165, 1.54) is 30.4 Å². The van der Waals surface area contributed by atoms with Crippen molar-refractivity contribution in [3.63, 3.8) is 0 Å². The van der Waals surface area contributed by atoms with E-state index in [2.05, 4.69) is 43.0 Å². The summed E-state index contributed by atoms with van der Waals surface area (Å²) >= 11 is 0. The third kappa shape index (κ3) is 4.83. The molecular weight excluding hydrogens is 310 g/mol. The van der Waals surface area contributed by atoms with Gasteiger partial charge in [0, 0.05) is 18.6 Å². The maximum Gasteiger partial charge on any atom is 0.119 e. The summed E-state index contributed by atoms with van der Waals surface area (Å²) in [6, 6.07) is 19.5. The highest BCUT2D eigenvalue weighted by Gasteiger charge is 2.26. The number of aliphatic hydroxyl groups excluding tert-OH is 1. The van der Waals surface area contributed by atoms with Gasteiger partial charge in [0.25, 0.3) is 0 Å². The van der Waals surface area contributed by atoms with Crippen LogP contribution in [0.3, 0.4) is 0 Å². The number of nitrogens with zero attached hydrogens (tertiary/aromatic N) is 1. The van der Waals surface area contributed by atoms with Gasteiger partial charge in [-0.05, 0) is 49.9 Å². The van der Waals surface area contributed by atoms with E-state index in [1.54, 1.807) is 0 Å². The van der Waals surface area contributed by atoms with Crippen molar-refractivity contribution in [3.05, 3.63) is 54.6 Å². The first kappa shape index (κ1) is 18.0. The highest BCUT2D eigenvalue weighted by Crippen LogP contribution is 2.24. The van der Waals surface area contributed by atoms with Crippen LogP contribution in [0.1, 0.15) is 33.1 Å². The van der Waals surface area contributed by atoms with E-state index in [9.17, 15) is 5.11 Å². The van der Waals surface area contributed by atoms with Gasteiger partial charge in [-0.15, -0.1) is 0 Å². The average molecular weight is 339 g/mol. The first-order valence-electron chi connectivity index (χ1n) is 9.35. The predicted octanol–water partition coefficient (Wildman–Crippen LogP) is 4.36.